The maximum atomic E-state index is 11.9. The fourth-order valence-electron chi connectivity index (χ4n) is 2.64. The summed E-state index contributed by atoms with van der Waals surface area (Å²) in [4.78, 5) is 18.0. The normalized spacial score (nSPS) is 17.4. The van der Waals surface area contributed by atoms with Gasteiger partial charge in [-0.05, 0) is 19.1 Å². The smallest absolute Gasteiger partial charge is 0.237 e. The molecule has 1 heterocycles. The molecule has 1 saturated heterocycles. The number of thioether (sulfide) groups is 1. The van der Waals surface area contributed by atoms with Gasteiger partial charge in [0.05, 0.1) is 12.6 Å². The average Bonchev–Trinajstić information content (AvgIpc) is 2.60. The van der Waals surface area contributed by atoms with Gasteiger partial charge in [0.15, 0.2) is 0 Å². The second-order valence-electron chi connectivity index (χ2n) is 5.64. The van der Waals surface area contributed by atoms with Crippen LogP contribution in [0.1, 0.15) is 6.92 Å². The quantitative estimate of drug-likeness (QED) is 0.607. The highest BCUT2D eigenvalue weighted by molar-refractivity contribution is 7.99. The Bertz CT molecular complexity index is 521. The van der Waals surface area contributed by atoms with Crippen molar-refractivity contribution in [2.75, 3.05) is 45.0 Å². The first-order valence-electron chi connectivity index (χ1n) is 8.06. The Morgan fingerprint density at radius 3 is 2.65 bits per heavy atom. The maximum absolute atomic E-state index is 11.9. The zero-order valence-electron chi connectivity index (χ0n) is 13.7. The number of nitrogens with zero attached hydrogens (tertiary/aromatic N) is 2. The van der Waals surface area contributed by atoms with Crippen LogP contribution in [-0.4, -0.2) is 66.8 Å². The van der Waals surface area contributed by atoms with Crippen LogP contribution < -0.4 is 5.32 Å². The number of piperazine rings is 1. The Morgan fingerprint density at radius 1 is 1.30 bits per heavy atom. The van der Waals surface area contributed by atoms with Crippen LogP contribution in [0.5, 0.6) is 0 Å². The second-order valence-corrected chi connectivity index (χ2v) is 6.81. The molecule has 1 amide bonds. The lowest BCUT2D eigenvalue weighted by Crippen LogP contribution is -2.54. The van der Waals surface area contributed by atoms with Crippen LogP contribution in [0.4, 0.5) is 0 Å². The minimum atomic E-state index is -0.107. The SMILES string of the molecule is C#CCNC(=O)C(C)N1CCN(CCSc2ccccc2)CC1. The maximum Gasteiger partial charge on any atom is 0.237 e. The van der Waals surface area contributed by atoms with Gasteiger partial charge in [0.25, 0.3) is 0 Å². The first-order valence-corrected chi connectivity index (χ1v) is 9.04. The molecule has 1 atom stereocenters. The van der Waals surface area contributed by atoms with Crippen LogP contribution in [0.3, 0.4) is 0 Å². The summed E-state index contributed by atoms with van der Waals surface area (Å²) in [6.07, 6.45) is 5.18. The van der Waals surface area contributed by atoms with E-state index < -0.39 is 0 Å². The summed E-state index contributed by atoms with van der Waals surface area (Å²) in [5, 5.41) is 2.76. The third kappa shape index (κ3) is 5.91. The number of amides is 1. The second kappa shape index (κ2) is 9.61. The first-order chi connectivity index (χ1) is 11.2. The van der Waals surface area contributed by atoms with Crippen LogP contribution in [0.25, 0.3) is 0 Å². The molecular weight excluding hydrogens is 306 g/mol. The van der Waals surface area contributed by atoms with Gasteiger partial charge in [0.1, 0.15) is 0 Å². The molecule has 124 valence electrons. The molecule has 1 aliphatic heterocycles. The summed E-state index contributed by atoms with van der Waals surface area (Å²) >= 11 is 1.90. The van der Waals surface area contributed by atoms with Gasteiger partial charge in [0, 0.05) is 43.4 Å². The van der Waals surface area contributed by atoms with Crippen LogP contribution in [0.15, 0.2) is 35.2 Å². The lowest BCUT2D eigenvalue weighted by molar-refractivity contribution is -0.126. The van der Waals surface area contributed by atoms with Gasteiger partial charge in [0.2, 0.25) is 5.91 Å². The summed E-state index contributed by atoms with van der Waals surface area (Å²) < 4.78 is 0. The van der Waals surface area contributed by atoms with Crippen LogP contribution >= 0.6 is 11.8 Å². The van der Waals surface area contributed by atoms with Gasteiger partial charge < -0.3 is 5.32 Å². The van der Waals surface area contributed by atoms with Crippen molar-refractivity contribution in [2.45, 2.75) is 17.9 Å². The molecular formula is C18H25N3OS. The molecule has 1 aliphatic rings. The highest BCUT2D eigenvalue weighted by atomic mass is 32.2. The number of nitrogens with one attached hydrogen (secondary N) is 1. The molecule has 1 aromatic carbocycles. The topological polar surface area (TPSA) is 35.6 Å². The predicted molar refractivity (Wildman–Crippen MR) is 96.5 cm³/mol. The highest BCUT2D eigenvalue weighted by Gasteiger charge is 2.24. The Hall–Kier alpha value is -1.48. The molecule has 0 spiro atoms. The standard InChI is InChI=1S/C18H25N3OS/c1-3-9-19-18(22)16(2)21-12-10-20(11-13-21)14-15-23-17-7-5-4-6-8-17/h1,4-8,16H,9-15H2,2H3,(H,19,22). The lowest BCUT2D eigenvalue weighted by atomic mass is 10.2. The number of hydrogen-bond acceptors (Lipinski definition) is 4. The number of hydrogen-bond donors (Lipinski definition) is 1. The van der Waals surface area contributed by atoms with Gasteiger partial charge >= 0.3 is 0 Å². The van der Waals surface area contributed by atoms with E-state index in [0.29, 0.717) is 6.54 Å². The molecule has 0 aromatic heterocycles. The Labute approximate surface area is 143 Å². The highest BCUT2D eigenvalue weighted by Crippen LogP contribution is 2.17. The molecule has 1 N–H and O–H groups in total. The molecule has 0 bridgehead atoms. The number of benzene rings is 1. The Kier molecular flexibility index (Phi) is 7.47. The predicted octanol–water partition coefficient (Wildman–Crippen LogP) is 1.53. The molecule has 1 fully saturated rings. The van der Waals surface area contributed by atoms with Gasteiger partial charge in [-0.25, -0.2) is 0 Å². The van der Waals surface area contributed by atoms with Crippen molar-refractivity contribution < 1.29 is 4.79 Å². The lowest BCUT2D eigenvalue weighted by Gasteiger charge is -2.37. The summed E-state index contributed by atoms with van der Waals surface area (Å²) in [7, 11) is 0. The van der Waals surface area contributed by atoms with E-state index in [1.165, 1.54) is 4.90 Å². The number of rotatable bonds is 7. The van der Waals surface area contributed by atoms with Crippen LogP contribution in [0.2, 0.25) is 0 Å². The van der Waals surface area contributed by atoms with E-state index in [1.807, 2.05) is 24.8 Å². The number of carbonyl (C=O) groups excluding carboxylic acids is 1. The summed E-state index contributed by atoms with van der Waals surface area (Å²) in [6, 6.07) is 10.4. The zero-order valence-corrected chi connectivity index (χ0v) is 14.5. The third-order valence-corrected chi connectivity index (χ3v) is 5.11. The van der Waals surface area contributed by atoms with Gasteiger partial charge in [-0.1, -0.05) is 24.1 Å². The van der Waals surface area contributed by atoms with Crippen molar-refractivity contribution >= 4 is 17.7 Å². The van der Waals surface area contributed by atoms with Crippen LogP contribution in [0, 0.1) is 12.3 Å². The van der Waals surface area contributed by atoms with E-state index in [4.69, 9.17) is 6.42 Å². The summed E-state index contributed by atoms with van der Waals surface area (Å²) in [5.41, 5.74) is 0. The van der Waals surface area contributed by atoms with Gasteiger partial charge in [-0.2, -0.15) is 0 Å². The van der Waals surface area contributed by atoms with Crippen molar-refractivity contribution in [1.82, 2.24) is 15.1 Å². The summed E-state index contributed by atoms with van der Waals surface area (Å²) in [6.45, 7) is 7.24. The number of carbonyl (C=O) groups is 1. The van der Waals surface area contributed by atoms with Crippen molar-refractivity contribution in [3.05, 3.63) is 30.3 Å². The molecule has 5 heteroatoms. The average molecular weight is 331 g/mol. The molecule has 4 nitrogen and oxygen atoms in total. The van der Waals surface area contributed by atoms with E-state index in [0.717, 1.165) is 38.5 Å². The van der Waals surface area contributed by atoms with E-state index in [9.17, 15) is 4.79 Å². The van der Waals surface area contributed by atoms with Crippen LogP contribution in [-0.2, 0) is 4.79 Å². The molecule has 2 rings (SSSR count). The fraction of sp³-hybridized carbons (Fsp3) is 0.500. The van der Waals surface area contributed by atoms with Gasteiger partial charge in [-0.15, -0.1) is 18.2 Å². The third-order valence-electron chi connectivity index (χ3n) is 4.12. The molecule has 0 radical (unpaired) electrons. The minimum absolute atomic E-state index is 0.0241. The fourth-order valence-corrected chi connectivity index (χ4v) is 3.57. The van der Waals surface area contributed by atoms with E-state index in [1.54, 1.807) is 0 Å². The van der Waals surface area contributed by atoms with Crippen molar-refractivity contribution in [2.24, 2.45) is 0 Å². The zero-order chi connectivity index (χ0) is 16.5. The molecule has 0 saturated carbocycles. The molecule has 23 heavy (non-hydrogen) atoms. The Balaban J connectivity index is 1.65. The van der Waals surface area contributed by atoms with E-state index in [-0.39, 0.29) is 11.9 Å². The van der Waals surface area contributed by atoms with E-state index >= 15 is 0 Å². The van der Waals surface area contributed by atoms with E-state index in [2.05, 4.69) is 45.3 Å². The summed E-state index contributed by atoms with van der Waals surface area (Å²) in [5.74, 6) is 3.56. The molecule has 1 unspecified atom stereocenters. The van der Waals surface area contributed by atoms with Gasteiger partial charge in [-0.3, -0.25) is 14.6 Å². The number of terminal acetylenes is 1. The Morgan fingerprint density at radius 2 is 2.00 bits per heavy atom. The van der Waals surface area contributed by atoms with Crippen molar-refractivity contribution in [3.8, 4) is 12.3 Å². The first kappa shape index (κ1) is 17.9. The van der Waals surface area contributed by atoms with Crippen molar-refractivity contribution in [3.63, 3.8) is 0 Å². The molecule has 0 aliphatic carbocycles. The minimum Gasteiger partial charge on any atom is -0.344 e. The largest absolute Gasteiger partial charge is 0.344 e. The van der Waals surface area contributed by atoms with Crippen molar-refractivity contribution in [1.29, 1.82) is 0 Å². The monoisotopic (exact) mass is 331 g/mol. The molecule has 1 aromatic rings.